The van der Waals surface area contributed by atoms with Crippen LogP contribution in [-0.2, 0) is 4.79 Å². The molecule has 3 rings (SSSR count). The zero-order valence-corrected chi connectivity index (χ0v) is 16.7. The molecule has 3 N–H and O–H groups in total. The molecule has 1 aromatic carbocycles. The molecule has 0 aliphatic heterocycles. The van der Waals surface area contributed by atoms with E-state index in [1.165, 1.54) is 17.7 Å². The third-order valence-electron chi connectivity index (χ3n) is 5.28. The van der Waals surface area contributed by atoms with Crippen molar-refractivity contribution in [2.45, 2.75) is 64.8 Å². The first-order chi connectivity index (χ1) is 13.4. The Morgan fingerprint density at radius 3 is 2.61 bits per heavy atom. The van der Waals surface area contributed by atoms with Crippen LogP contribution in [0, 0.1) is 0 Å². The van der Waals surface area contributed by atoms with Crippen LogP contribution < -0.4 is 10.6 Å². The van der Waals surface area contributed by atoms with Crippen molar-refractivity contribution in [1.29, 1.82) is 0 Å². The van der Waals surface area contributed by atoms with E-state index in [1.807, 2.05) is 19.9 Å². The number of aromatic nitrogens is 2. The molecule has 1 fully saturated rings. The second-order valence-electron chi connectivity index (χ2n) is 7.52. The zero-order chi connectivity index (χ0) is 20.3. The molecule has 7 nitrogen and oxygen atoms in total. The number of anilines is 1. The molecular weight excluding hydrogens is 356 g/mol. The van der Waals surface area contributed by atoms with Gasteiger partial charge < -0.3 is 15.7 Å². The highest BCUT2D eigenvalue weighted by atomic mass is 16.3. The lowest BCUT2D eigenvalue weighted by Crippen LogP contribution is -2.37. The molecule has 1 aromatic heterocycles. The average Bonchev–Trinajstić information content (AvgIpc) is 3.30. The third kappa shape index (κ3) is 4.35. The Morgan fingerprint density at radius 2 is 2.00 bits per heavy atom. The standard InChI is InChI=1S/C21H28N4O3/c1-4-13(2)22-21(28)25-19(15-7-5-6-8-15)12-18(24-25)17-10-9-16(11-20(17)27)23-14(3)26/h9-13,15,27H,4-8H2,1-3H3,(H,22,28)(H,23,26). The smallest absolute Gasteiger partial charge is 0.342 e. The van der Waals surface area contributed by atoms with Crippen molar-refractivity contribution >= 4 is 17.6 Å². The molecule has 1 atom stereocenters. The second kappa shape index (κ2) is 8.46. The van der Waals surface area contributed by atoms with Gasteiger partial charge in [0.25, 0.3) is 0 Å². The van der Waals surface area contributed by atoms with Gasteiger partial charge in [0.05, 0.1) is 11.4 Å². The van der Waals surface area contributed by atoms with Crippen LogP contribution in [0.4, 0.5) is 10.5 Å². The Labute approximate surface area is 165 Å². The first-order valence-electron chi connectivity index (χ1n) is 9.90. The van der Waals surface area contributed by atoms with Gasteiger partial charge >= 0.3 is 6.03 Å². The lowest BCUT2D eigenvalue weighted by molar-refractivity contribution is -0.114. The Bertz CT molecular complexity index is 869. The van der Waals surface area contributed by atoms with Gasteiger partial charge in [-0.15, -0.1) is 0 Å². The number of nitrogens with one attached hydrogen (secondary N) is 2. The van der Waals surface area contributed by atoms with E-state index in [0.717, 1.165) is 37.8 Å². The summed E-state index contributed by atoms with van der Waals surface area (Å²) >= 11 is 0. The topological polar surface area (TPSA) is 96.3 Å². The van der Waals surface area contributed by atoms with Gasteiger partial charge in [-0.3, -0.25) is 4.79 Å². The van der Waals surface area contributed by atoms with Crippen molar-refractivity contribution < 1.29 is 14.7 Å². The van der Waals surface area contributed by atoms with E-state index < -0.39 is 0 Å². The molecule has 0 spiro atoms. The summed E-state index contributed by atoms with van der Waals surface area (Å²) in [4.78, 5) is 24.0. The number of aromatic hydroxyl groups is 1. The highest BCUT2D eigenvalue weighted by Crippen LogP contribution is 2.37. The lowest BCUT2D eigenvalue weighted by Gasteiger charge is -2.15. The monoisotopic (exact) mass is 384 g/mol. The molecular formula is C21H28N4O3. The van der Waals surface area contributed by atoms with E-state index in [2.05, 4.69) is 15.7 Å². The number of phenols is 1. The van der Waals surface area contributed by atoms with Crippen molar-refractivity contribution in [3.05, 3.63) is 30.0 Å². The molecule has 150 valence electrons. The molecule has 1 unspecified atom stereocenters. The molecule has 2 aromatic rings. The van der Waals surface area contributed by atoms with Crippen molar-refractivity contribution in [2.75, 3.05) is 5.32 Å². The Balaban J connectivity index is 1.96. The second-order valence-corrected chi connectivity index (χ2v) is 7.52. The highest BCUT2D eigenvalue weighted by molar-refractivity contribution is 5.89. The van der Waals surface area contributed by atoms with Crippen molar-refractivity contribution in [3.63, 3.8) is 0 Å². The first-order valence-corrected chi connectivity index (χ1v) is 9.90. The Kier molecular flexibility index (Phi) is 6.02. The number of nitrogens with zero attached hydrogens (tertiary/aromatic N) is 2. The van der Waals surface area contributed by atoms with Crippen LogP contribution in [0.5, 0.6) is 5.75 Å². The molecule has 2 amide bonds. The molecule has 1 saturated carbocycles. The number of carbonyl (C=O) groups is 2. The van der Waals surface area contributed by atoms with Crippen LogP contribution in [0.25, 0.3) is 11.3 Å². The van der Waals surface area contributed by atoms with E-state index in [9.17, 15) is 14.7 Å². The predicted molar refractivity (Wildman–Crippen MR) is 109 cm³/mol. The summed E-state index contributed by atoms with van der Waals surface area (Å²) < 4.78 is 1.46. The molecule has 0 bridgehead atoms. The summed E-state index contributed by atoms with van der Waals surface area (Å²) in [5.74, 6) is 0.0996. The Hall–Kier alpha value is -2.83. The number of rotatable bonds is 5. The van der Waals surface area contributed by atoms with E-state index in [0.29, 0.717) is 22.9 Å². The van der Waals surface area contributed by atoms with Crippen LogP contribution >= 0.6 is 0 Å². The van der Waals surface area contributed by atoms with Crippen LogP contribution in [0.3, 0.4) is 0 Å². The average molecular weight is 384 g/mol. The fraction of sp³-hybridized carbons (Fsp3) is 0.476. The van der Waals surface area contributed by atoms with Crippen LogP contribution in [0.15, 0.2) is 24.3 Å². The quantitative estimate of drug-likeness (QED) is 0.719. The zero-order valence-electron chi connectivity index (χ0n) is 16.7. The maximum atomic E-state index is 12.8. The SMILES string of the molecule is CCC(C)NC(=O)n1nc(-c2ccc(NC(C)=O)cc2O)cc1C1CCCC1. The molecule has 0 radical (unpaired) electrons. The summed E-state index contributed by atoms with van der Waals surface area (Å²) in [6.45, 7) is 5.40. The number of hydrogen-bond donors (Lipinski definition) is 3. The van der Waals surface area contributed by atoms with Crippen molar-refractivity contribution in [1.82, 2.24) is 15.1 Å². The minimum Gasteiger partial charge on any atom is -0.507 e. The number of benzene rings is 1. The van der Waals surface area contributed by atoms with E-state index in [4.69, 9.17) is 0 Å². The molecule has 1 heterocycles. The summed E-state index contributed by atoms with van der Waals surface area (Å²) in [7, 11) is 0. The Morgan fingerprint density at radius 1 is 1.29 bits per heavy atom. The van der Waals surface area contributed by atoms with Crippen LogP contribution in [0.1, 0.15) is 64.5 Å². The van der Waals surface area contributed by atoms with Gasteiger partial charge in [0.15, 0.2) is 0 Å². The largest absolute Gasteiger partial charge is 0.507 e. The lowest BCUT2D eigenvalue weighted by atomic mass is 10.0. The molecule has 28 heavy (non-hydrogen) atoms. The van der Waals surface area contributed by atoms with Crippen LogP contribution in [-0.4, -0.2) is 32.9 Å². The number of carbonyl (C=O) groups excluding carboxylic acids is 2. The van der Waals surface area contributed by atoms with E-state index >= 15 is 0 Å². The summed E-state index contributed by atoms with van der Waals surface area (Å²) in [5, 5.41) is 20.6. The minimum atomic E-state index is -0.239. The van der Waals surface area contributed by atoms with Gasteiger partial charge in [-0.25, -0.2) is 4.79 Å². The van der Waals surface area contributed by atoms with Gasteiger partial charge in [-0.2, -0.15) is 9.78 Å². The normalized spacial score (nSPS) is 15.4. The van der Waals surface area contributed by atoms with E-state index in [1.54, 1.807) is 12.1 Å². The molecule has 0 saturated heterocycles. The fourth-order valence-corrected chi connectivity index (χ4v) is 3.61. The first kappa shape index (κ1) is 19.9. The number of hydrogen-bond acceptors (Lipinski definition) is 4. The molecule has 1 aliphatic rings. The van der Waals surface area contributed by atoms with Crippen LogP contribution in [0.2, 0.25) is 0 Å². The van der Waals surface area contributed by atoms with Crippen molar-refractivity contribution in [3.8, 4) is 17.0 Å². The maximum Gasteiger partial charge on any atom is 0.342 e. The highest BCUT2D eigenvalue weighted by Gasteiger charge is 2.26. The van der Waals surface area contributed by atoms with Gasteiger partial charge in [-0.05, 0) is 44.4 Å². The van der Waals surface area contributed by atoms with Gasteiger partial charge in [0.2, 0.25) is 5.91 Å². The third-order valence-corrected chi connectivity index (χ3v) is 5.28. The maximum absolute atomic E-state index is 12.8. The predicted octanol–water partition coefficient (Wildman–Crippen LogP) is 4.23. The molecule has 7 heteroatoms. The summed E-state index contributed by atoms with van der Waals surface area (Å²) in [6.07, 6.45) is 5.21. The van der Waals surface area contributed by atoms with Gasteiger partial charge in [0, 0.05) is 36.2 Å². The van der Waals surface area contributed by atoms with Gasteiger partial charge in [0.1, 0.15) is 5.75 Å². The minimum absolute atomic E-state index is 0.0104. The van der Waals surface area contributed by atoms with E-state index in [-0.39, 0.29) is 23.7 Å². The van der Waals surface area contributed by atoms with Crippen molar-refractivity contribution in [2.24, 2.45) is 0 Å². The fourth-order valence-electron chi connectivity index (χ4n) is 3.61. The van der Waals surface area contributed by atoms with Gasteiger partial charge in [-0.1, -0.05) is 19.8 Å². The number of amides is 2. The number of phenolic OH excluding ortho intramolecular Hbond substituents is 1. The molecule has 1 aliphatic carbocycles. The summed E-state index contributed by atoms with van der Waals surface area (Å²) in [5.41, 5.74) is 2.48. The summed E-state index contributed by atoms with van der Waals surface area (Å²) in [6, 6.07) is 6.63.